The predicted octanol–water partition coefficient (Wildman–Crippen LogP) is -1.10. The Hall–Kier alpha value is -1.36. The van der Waals surface area contributed by atoms with Crippen molar-refractivity contribution in [2.24, 2.45) is 0 Å². The molecular formula is C10H10AsNO5. The van der Waals surface area contributed by atoms with Gasteiger partial charge in [0.1, 0.15) is 0 Å². The molecule has 1 aromatic carbocycles. The summed E-state index contributed by atoms with van der Waals surface area (Å²) in [5, 5.41) is 0. The van der Waals surface area contributed by atoms with Crippen molar-refractivity contribution < 1.29 is 21.5 Å². The van der Waals surface area contributed by atoms with Gasteiger partial charge in [-0.1, -0.05) is 0 Å². The molecule has 1 aromatic rings. The number of nitrogens with zero attached hydrogens (tertiary/aromatic N) is 1. The van der Waals surface area contributed by atoms with Crippen LogP contribution >= 0.6 is 0 Å². The fourth-order valence-electron chi connectivity index (χ4n) is 1.66. The molecule has 0 bridgehead atoms. The van der Waals surface area contributed by atoms with Crippen LogP contribution in [-0.4, -0.2) is 34.2 Å². The van der Waals surface area contributed by atoms with Gasteiger partial charge in [-0.05, 0) is 0 Å². The van der Waals surface area contributed by atoms with Gasteiger partial charge in [0.25, 0.3) is 0 Å². The van der Waals surface area contributed by atoms with Crippen LogP contribution in [0.2, 0.25) is 0 Å². The summed E-state index contributed by atoms with van der Waals surface area (Å²) in [4.78, 5) is 23.9. The molecule has 0 atom stereocenters. The van der Waals surface area contributed by atoms with Crippen LogP contribution in [0, 0.1) is 0 Å². The van der Waals surface area contributed by atoms with Gasteiger partial charge in [0.05, 0.1) is 0 Å². The van der Waals surface area contributed by atoms with Crippen LogP contribution in [0.4, 0.5) is 5.69 Å². The molecule has 2 N–H and O–H groups in total. The molecule has 1 aliphatic heterocycles. The Bertz CT molecular complexity index is 502. The first kappa shape index (κ1) is 12.1. The van der Waals surface area contributed by atoms with E-state index < -0.39 is 14.2 Å². The molecule has 0 aliphatic carbocycles. The topological polar surface area (TPSA) is 94.9 Å². The van der Waals surface area contributed by atoms with Crippen LogP contribution in [0.1, 0.15) is 12.8 Å². The average Bonchev–Trinajstić information content (AvgIpc) is 2.58. The second-order valence-corrected chi connectivity index (χ2v) is 7.05. The Balaban J connectivity index is 2.33. The fourth-order valence-corrected chi connectivity index (χ4v) is 2.79. The van der Waals surface area contributed by atoms with Gasteiger partial charge in [0, 0.05) is 0 Å². The zero-order valence-corrected chi connectivity index (χ0v) is 10.6. The van der Waals surface area contributed by atoms with Gasteiger partial charge in [0.15, 0.2) is 0 Å². The molecule has 0 aromatic heterocycles. The van der Waals surface area contributed by atoms with Gasteiger partial charge in [0.2, 0.25) is 0 Å². The van der Waals surface area contributed by atoms with Gasteiger partial charge in [-0.25, -0.2) is 0 Å². The normalized spacial score (nSPS) is 16.7. The Kier molecular flexibility index (Phi) is 2.95. The van der Waals surface area contributed by atoms with Gasteiger partial charge in [-0.2, -0.15) is 0 Å². The number of benzene rings is 1. The third kappa shape index (κ3) is 2.34. The number of carbonyl (C=O) groups excluding carboxylic acids is 2. The summed E-state index contributed by atoms with van der Waals surface area (Å²) in [5.74, 6) is -0.575. The van der Waals surface area contributed by atoms with Crippen molar-refractivity contribution in [1.82, 2.24) is 0 Å². The second-order valence-electron chi connectivity index (χ2n) is 3.68. The van der Waals surface area contributed by atoms with Gasteiger partial charge >= 0.3 is 99.6 Å². The van der Waals surface area contributed by atoms with E-state index in [0.29, 0.717) is 5.69 Å². The van der Waals surface area contributed by atoms with E-state index in [1.54, 1.807) is 0 Å². The van der Waals surface area contributed by atoms with E-state index in [1.807, 2.05) is 0 Å². The summed E-state index contributed by atoms with van der Waals surface area (Å²) >= 11 is -4.90. The Morgan fingerprint density at radius 3 is 1.88 bits per heavy atom. The van der Waals surface area contributed by atoms with E-state index in [1.165, 1.54) is 24.3 Å². The van der Waals surface area contributed by atoms with Crippen LogP contribution in [0.5, 0.6) is 0 Å². The third-order valence-corrected chi connectivity index (χ3v) is 4.53. The number of amides is 2. The third-order valence-electron chi connectivity index (χ3n) is 2.50. The summed E-state index contributed by atoms with van der Waals surface area (Å²) in [6.07, 6.45) is 0.367. The maximum atomic E-state index is 11.4. The van der Waals surface area contributed by atoms with Crippen molar-refractivity contribution in [1.29, 1.82) is 0 Å². The van der Waals surface area contributed by atoms with E-state index in [4.69, 9.17) is 8.19 Å². The van der Waals surface area contributed by atoms with Gasteiger partial charge in [-0.15, -0.1) is 0 Å². The number of imide groups is 1. The van der Waals surface area contributed by atoms with Crippen LogP contribution in [0.25, 0.3) is 0 Å². The molecule has 6 nitrogen and oxygen atoms in total. The maximum absolute atomic E-state index is 11.4. The quantitative estimate of drug-likeness (QED) is 0.534. The molecule has 0 unspecified atom stereocenters. The van der Waals surface area contributed by atoms with Crippen molar-refractivity contribution in [2.45, 2.75) is 12.8 Å². The predicted molar refractivity (Wildman–Crippen MR) is 58.7 cm³/mol. The van der Waals surface area contributed by atoms with E-state index in [9.17, 15) is 13.3 Å². The molecule has 1 aliphatic rings. The molecule has 1 heterocycles. The SMILES string of the molecule is O=C1CCC(=O)N1c1ccc([As](=O)(O)O)cc1. The zero-order valence-electron chi connectivity index (χ0n) is 8.74. The van der Waals surface area contributed by atoms with E-state index in [2.05, 4.69) is 0 Å². The molecule has 2 rings (SSSR count). The Morgan fingerprint density at radius 2 is 1.47 bits per heavy atom. The standard InChI is InChI=1S/C10H10AsNO5/c13-9-5-6-10(14)12(9)8-3-1-7(2-4-8)11(15,16)17/h1-4H,5-6H2,(H2,15,16,17). The van der Waals surface area contributed by atoms with Crippen LogP contribution in [0.15, 0.2) is 24.3 Å². The second kappa shape index (κ2) is 4.14. The van der Waals surface area contributed by atoms with Crippen LogP contribution < -0.4 is 9.25 Å². The monoisotopic (exact) mass is 299 g/mol. The molecule has 0 spiro atoms. The number of anilines is 1. The summed E-state index contributed by atoms with van der Waals surface area (Å²) in [6.45, 7) is 0. The fraction of sp³-hybridized carbons (Fsp3) is 0.200. The number of hydrogen-bond donors (Lipinski definition) is 2. The number of carbonyl (C=O) groups is 2. The van der Waals surface area contributed by atoms with Crippen molar-refractivity contribution >= 4 is 36.0 Å². The first-order chi connectivity index (χ1) is 7.89. The molecule has 1 fully saturated rings. The summed E-state index contributed by atoms with van der Waals surface area (Å²) in [5.41, 5.74) is 0.352. The summed E-state index contributed by atoms with van der Waals surface area (Å²) < 4.78 is 28.9. The van der Waals surface area contributed by atoms with E-state index in [-0.39, 0.29) is 29.0 Å². The molecule has 0 radical (unpaired) electrons. The summed E-state index contributed by atoms with van der Waals surface area (Å²) in [6, 6.07) is 5.23. The molecular weight excluding hydrogens is 289 g/mol. The number of rotatable bonds is 2. The molecule has 7 heteroatoms. The molecule has 2 amide bonds. The molecule has 1 saturated heterocycles. The molecule has 90 valence electrons. The Labute approximate surface area is 99.9 Å². The van der Waals surface area contributed by atoms with Crippen molar-refractivity contribution in [3.8, 4) is 0 Å². The summed E-state index contributed by atoms with van der Waals surface area (Å²) in [7, 11) is 0. The molecule has 17 heavy (non-hydrogen) atoms. The Morgan fingerprint density at radius 1 is 1.00 bits per heavy atom. The average molecular weight is 299 g/mol. The van der Waals surface area contributed by atoms with Crippen LogP contribution in [-0.2, 0) is 13.3 Å². The van der Waals surface area contributed by atoms with Crippen LogP contribution in [0.3, 0.4) is 0 Å². The van der Waals surface area contributed by atoms with Gasteiger partial charge in [-0.3, -0.25) is 0 Å². The van der Waals surface area contributed by atoms with Crippen molar-refractivity contribution in [2.75, 3.05) is 4.90 Å². The number of hydrogen-bond acceptors (Lipinski definition) is 3. The van der Waals surface area contributed by atoms with E-state index in [0.717, 1.165) is 4.90 Å². The first-order valence-corrected chi connectivity index (χ1v) is 8.30. The van der Waals surface area contributed by atoms with Crippen molar-refractivity contribution in [3.05, 3.63) is 24.3 Å². The minimum atomic E-state index is -4.90. The van der Waals surface area contributed by atoms with Crippen molar-refractivity contribution in [3.63, 3.8) is 0 Å². The van der Waals surface area contributed by atoms with E-state index >= 15 is 0 Å². The van der Waals surface area contributed by atoms with Gasteiger partial charge < -0.3 is 0 Å². The molecule has 0 saturated carbocycles. The zero-order chi connectivity index (χ0) is 12.6. The first-order valence-electron chi connectivity index (χ1n) is 4.91. The minimum absolute atomic E-state index is 0.0778.